The van der Waals surface area contributed by atoms with Gasteiger partial charge < -0.3 is 5.32 Å². The largest absolute Gasteiger partial charge is 0.309 e. The van der Waals surface area contributed by atoms with Gasteiger partial charge in [-0.1, -0.05) is 24.4 Å². The predicted octanol–water partition coefficient (Wildman–Crippen LogP) is 2.90. The fourth-order valence-electron chi connectivity index (χ4n) is 2.46. The van der Waals surface area contributed by atoms with Gasteiger partial charge in [0, 0.05) is 17.8 Å². The normalized spacial score (nSPS) is 21.1. The van der Waals surface area contributed by atoms with Crippen molar-refractivity contribution >= 4 is 17.2 Å². The lowest BCUT2D eigenvalue weighted by molar-refractivity contribution is 0.519. The first-order chi connectivity index (χ1) is 8.74. The maximum atomic E-state index is 6.04. The van der Waals surface area contributed by atoms with Crippen molar-refractivity contribution < 1.29 is 0 Å². The molecule has 1 saturated heterocycles. The number of nitrogens with one attached hydrogen (secondary N) is 1. The molecule has 3 rings (SSSR count). The van der Waals surface area contributed by atoms with E-state index in [1.165, 1.54) is 19.3 Å². The molecule has 2 aromatic rings. The van der Waals surface area contributed by atoms with Gasteiger partial charge in [-0.25, -0.2) is 9.50 Å². The van der Waals surface area contributed by atoms with E-state index in [9.17, 15) is 0 Å². The van der Waals surface area contributed by atoms with Gasteiger partial charge in [-0.05, 0) is 26.3 Å². The predicted molar refractivity (Wildman–Crippen MR) is 71.9 cm³/mol. The average molecular weight is 265 g/mol. The van der Waals surface area contributed by atoms with Crippen molar-refractivity contribution in [2.24, 2.45) is 0 Å². The second kappa shape index (κ2) is 4.86. The van der Waals surface area contributed by atoms with E-state index in [-0.39, 0.29) is 0 Å². The molecule has 0 amide bonds. The summed E-state index contributed by atoms with van der Waals surface area (Å²) >= 11 is 6.04. The van der Waals surface area contributed by atoms with Crippen molar-refractivity contribution in [3.63, 3.8) is 0 Å². The van der Waals surface area contributed by atoms with Crippen LogP contribution in [-0.4, -0.2) is 21.1 Å². The topological polar surface area (TPSA) is 42.2 Å². The third-order valence-electron chi connectivity index (χ3n) is 3.51. The van der Waals surface area contributed by atoms with Crippen molar-refractivity contribution in [3.8, 4) is 0 Å². The van der Waals surface area contributed by atoms with Crippen molar-refractivity contribution in [1.29, 1.82) is 0 Å². The Bertz CT molecular complexity index is 516. The SMILES string of the molecule is Cc1cn2nc(C3CCCCCN3)cc2nc1Cl. The summed E-state index contributed by atoms with van der Waals surface area (Å²) in [5.41, 5.74) is 2.85. The third-order valence-corrected chi connectivity index (χ3v) is 3.89. The fraction of sp³-hybridized carbons (Fsp3) is 0.538. The van der Waals surface area contributed by atoms with E-state index in [2.05, 4.69) is 15.4 Å². The van der Waals surface area contributed by atoms with Crippen molar-refractivity contribution in [1.82, 2.24) is 19.9 Å². The van der Waals surface area contributed by atoms with Crippen LogP contribution in [0.4, 0.5) is 0 Å². The van der Waals surface area contributed by atoms with E-state index in [0.29, 0.717) is 11.2 Å². The maximum absolute atomic E-state index is 6.04. The number of aromatic nitrogens is 3. The summed E-state index contributed by atoms with van der Waals surface area (Å²) in [6, 6.07) is 2.39. The van der Waals surface area contributed by atoms with Crippen LogP contribution in [0.5, 0.6) is 0 Å². The Morgan fingerprint density at radius 3 is 3.17 bits per heavy atom. The molecule has 1 aliphatic heterocycles. The molecular formula is C13H17ClN4. The first-order valence-corrected chi connectivity index (χ1v) is 6.87. The molecule has 0 aliphatic carbocycles. The van der Waals surface area contributed by atoms with Gasteiger partial charge in [0.15, 0.2) is 5.65 Å². The third kappa shape index (κ3) is 2.22. The molecule has 1 atom stereocenters. The Hall–Kier alpha value is -1.13. The molecular weight excluding hydrogens is 248 g/mol. The Morgan fingerprint density at radius 1 is 1.39 bits per heavy atom. The van der Waals surface area contributed by atoms with Gasteiger partial charge in [0.2, 0.25) is 0 Å². The van der Waals surface area contributed by atoms with Crippen LogP contribution in [0.1, 0.15) is 43.0 Å². The Kier molecular flexibility index (Phi) is 3.22. The molecule has 0 saturated carbocycles. The highest BCUT2D eigenvalue weighted by atomic mass is 35.5. The minimum atomic E-state index is 0.355. The lowest BCUT2D eigenvalue weighted by atomic mass is 10.1. The molecule has 1 N–H and O–H groups in total. The minimum Gasteiger partial charge on any atom is -0.309 e. The lowest BCUT2D eigenvalue weighted by Gasteiger charge is -2.11. The van der Waals surface area contributed by atoms with Crippen LogP contribution in [0, 0.1) is 6.92 Å². The Labute approximate surface area is 111 Å². The van der Waals surface area contributed by atoms with Gasteiger partial charge >= 0.3 is 0 Å². The van der Waals surface area contributed by atoms with E-state index < -0.39 is 0 Å². The van der Waals surface area contributed by atoms with Crippen LogP contribution in [-0.2, 0) is 0 Å². The number of fused-ring (bicyclic) bond motifs is 1. The second-order valence-corrected chi connectivity index (χ2v) is 5.30. The number of hydrogen-bond acceptors (Lipinski definition) is 3. The number of rotatable bonds is 1. The van der Waals surface area contributed by atoms with E-state index in [1.54, 1.807) is 0 Å². The summed E-state index contributed by atoms with van der Waals surface area (Å²) in [6.45, 7) is 3.02. The highest BCUT2D eigenvalue weighted by Crippen LogP contribution is 2.23. The monoisotopic (exact) mass is 264 g/mol. The molecule has 0 spiro atoms. The summed E-state index contributed by atoms with van der Waals surface area (Å²) in [5.74, 6) is 0. The van der Waals surface area contributed by atoms with E-state index >= 15 is 0 Å². The lowest BCUT2D eigenvalue weighted by Crippen LogP contribution is -2.20. The van der Waals surface area contributed by atoms with E-state index in [1.807, 2.05) is 23.7 Å². The summed E-state index contributed by atoms with van der Waals surface area (Å²) in [7, 11) is 0. The Balaban J connectivity index is 1.96. The molecule has 96 valence electrons. The van der Waals surface area contributed by atoms with Crippen LogP contribution in [0.3, 0.4) is 0 Å². The average Bonchev–Trinajstić information content (AvgIpc) is 2.60. The van der Waals surface area contributed by atoms with E-state index in [0.717, 1.165) is 29.9 Å². The summed E-state index contributed by atoms with van der Waals surface area (Å²) in [4.78, 5) is 4.35. The van der Waals surface area contributed by atoms with Gasteiger partial charge in [-0.2, -0.15) is 5.10 Å². The van der Waals surface area contributed by atoms with Crippen molar-refractivity contribution in [2.75, 3.05) is 6.54 Å². The van der Waals surface area contributed by atoms with Gasteiger partial charge in [0.05, 0.1) is 11.7 Å². The summed E-state index contributed by atoms with van der Waals surface area (Å²) < 4.78 is 1.82. The first kappa shape index (κ1) is 11.9. The van der Waals surface area contributed by atoms with Gasteiger partial charge in [-0.3, -0.25) is 0 Å². The van der Waals surface area contributed by atoms with Gasteiger partial charge in [0.1, 0.15) is 5.15 Å². The van der Waals surface area contributed by atoms with Gasteiger partial charge in [0.25, 0.3) is 0 Å². The van der Waals surface area contributed by atoms with Crippen LogP contribution < -0.4 is 5.32 Å². The number of nitrogens with zero attached hydrogens (tertiary/aromatic N) is 3. The molecule has 0 aromatic carbocycles. The first-order valence-electron chi connectivity index (χ1n) is 6.50. The number of halogens is 1. The highest BCUT2D eigenvalue weighted by molar-refractivity contribution is 6.30. The zero-order valence-electron chi connectivity index (χ0n) is 10.5. The molecule has 5 heteroatoms. The van der Waals surface area contributed by atoms with Crippen LogP contribution in [0.15, 0.2) is 12.3 Å². The molecule has 0 bridgehead atoms. The molecule has 2 aromatic heterocycles. The molecule has 18 heavy (non-hydrogen) atoms. The zero-order chi connectivity index (χ0) is 12.5. The maximum Gasteiger partial charge on any atom is 0.157 e. The van der Waals surface area contributed by atoms with Crippen LogP contribution in [0.2, 0.25) is 5.15 Å². The fourth-order valence-corrected chi connectivity index (χ4v) is 2.59. The van der Waals surface area contributed by atoms with Gasteiger partial charge in [-0.15, -0.1) is 0 Å². The minimum absolute atomic E-state index is 0.355. The smallest absolute Gasteiger partial charge is 0.157 e. The number of hydrogen-bond donors (Lipinski definition) is 1. The molecule has 3 heterocycles. The standard InChI is InChI=1S/C13H17ClN4/c1-9-8-18-12(16-13(9)14)7-11(17-18)10-5-3-2-4-6-15-10/h7-8,10,15H,2-6H2,1H3. The van der Waals surface area contributed by atoms with Crippen molar-refractivity contribution in [2.45, 2.75) is 38.6 Å². The Morgan fingerprint density at radius 2 is 2.28 bits per heavy atom. The zero-order valence-corrected chi connectivity index (χ0v) is 11.2. The summed E-state index contributed by atoms with van der Waals surface area (Å²) in [6.07, 6.45) is 6.91. The second-order valence-electron chi connectivity index (χ2n) is 4.94. The van der Waals surface area contributed by atoms with Crippen LogP contribution >= 0.6 is 11.6 Å². The summed E-state index contributed by atoms with van der Waals surface area (Å²) in [5, 5.41) is 8.72. The van der Waals surface area contributed by atoms with Crippen LogP contribution in [0.25, 0.3) is 5.65 Å². The molecule has 1 fully saturated rings. The van der Waals surface area contributed by atoms with Crippen molar-refractivity contribution in [3.05, 3.63) is 28.7 Å². The molecule has 1 unspecified atom stereocenters. The number of aryl methyl sites for hydroxylation is 1. The quantitative estimate of drug-likeness (QED) is 0.806. The molecule has 0 radical (unpaired) electrons. The molecule has 1 aliphatic rings. The molecule has 4 nitrogen and oxygen atoms in total. The highest BCUT2D eigenvalue weighted by Gasteiger charge is 2.17. The van der Waals surface area contributed by atoms with E-state index in [4.69, 9.17) is 11.6 Å².